The Morgan fingerprint density at radius 1 is 0.889 bits per heavy atom. The Labute approximate surface area is 162 Å². The van der Waals surface area contributed by atoms with Gasteiger partial charge in [0.1, 0.15) is 0 Å². The lowest BCUT2D eigenvalue weighted by molar-refractivity contribution is 0.913. The van der Waals surface area contributed by atoms with E-state index in [1.54, 1.807) is 0 Å². The molecule has 0 aliphatic rings. The first-order valence-corrected chi connectivity index (χ1v) is 9.66. The molecule has 0 saturated heterocycles. The molecule has 3 nitrogen and oxygen atoms in total. The quantitative estimate of drug-likeness (QED) is 0.545. The second-order valence-corrected chi connectivity index (χ2v) is 7.40. The van der Waals surface area contributed by atoms with Crippen LogP contribution in [0.4, 0.5) is 0 Å². The van der Waals surface area contributed by atoms with Crippen molar-refractivity contribution in [3.63, 3.8) is 0 Å². The molecular formula is C24H30N2O. The zero-order valence-corrected chi connectivity index (χ0v) is 17.0. The first-order valence-electron chi connectivity index (χ1n) is 9.66. The molecule has 0 N–H and O–H groups in total. The van der Waals surface area contributed by atoms with Crippen molar-refractivity contribution in [2.24, 2.45) is 0 Å². The molecule has 2 rings (SSSR count). The van der Waals surface area contributed by atoms with Gasteiger partial charge in [-0.15, -0.1) is 10.2 Å². The number of fused-ring (bicyclic) bond motifs is 1. The van der Waals surface area contributed by atoms with Gasteiger partial charge in [0.25, 0.3) is 5.56 Å². The lowest BCUT2D eigenvalue weighted by atomic mass is 10.0. The van der Waals surface area contributed by atoms with E-state index in [-0.39, 0.29) is 5.56 Å². The normalized spacial score (nSPS) is 12.3. The number of nitrogens with zero attached hydrogens (tertiary/aromatic N) is 2. The Morgan fingerprint density at radius 2 is 1.56 bits per heavy atom. The molecule has 0 amide bonds. The van der Waals surface area contributed by atoms with Gasteiger partial charge in [0.05, 0.1) is 5.52 Å². The van der Waals surface area contributed by atoms with Crippen LogP contribution in [0.1, 0.15) is 58.9 Å². The summed E-state index contributed by atoms with van der Waals surface area (Å²) in [5, 5.41) is 8.81. The average Bonchev–Trinajstić information content (AvgIpc) is 2.79. The predicted molar refractivity (Wildman–Crippen MR) is 115 cm³/mol. The molecule has 1 aromatic carbocycles. The van der Waals surface area contributed by atoms with Crippen LogP contribution in [0.5, 0.6) is 0 Å². The molecule has 0 spiro atoms. The Morgan fingerprint density at radius 3 is 2.30 bits per heavy atom. The molecule has 0 atom stereocenters. The summed E-state index contributed by atoms with van der Waals surface area (Å²) in [5.74, 6) is 0. The van der Waals surface area contributed by atoms with Gasteiger partial charge in [-0.05, 0) is 71.9 Å². The predicted octanol–water partition coefficient (Wildman–Crippen LogP) is 5.95. The first-order chi connectivity index (χ1) is 13.0. The number of hydrogen-bond donors (Lipinski definition) is 0. The number of hydrogen-bond acceptors (Lipinski definition) is 3. The summed E-state index contributed by atoms with van der Waals surface area (Å²) >= 11 is 0. The van der Waals surface area contributed by atoms with Crippen molar-refractivity contribution in [3.05, 3.63) is 81.2 Å². The molecule has 27 heavy (non-hydrogen) atoms. The van der Waals surface area contributed by atoms with E-state index in [1.165, 1.54) is 16.7 Å². The maximum absolute atomic E-state index is 12.2. The van der Waals surface area contributed by atoms with Crippen LogP contribution in [0.2, 0.25) is 0 Å². The minimum atomic E-state index is -0.245. The van der Waals surface area contributed by atoms with Gasteiger partial charge in [-0.2, -0.15) is 0 Å². The number of benzene rings is 1. The van der Waals surface area contributed by atoms with Crippen LogP contribution in [0.3, 0.4) is 0 Å². The van der Waals surface area contributed by atoms with Crippen molar-refractivity contribution < 1.29 is 0 Å². The molecule has 0 radical (unpaired) electrons. The van der Waals surface area contributed by atoms with E-state index < -0.39 is 0 Å². The fourth-order valence-electron chi connectivity index (χ4n) is 2.88. The number of rotatable bonds is 8. The van der Waals surface area contributed by atoms with Crippen molar-refractivity contribution >= 4 is 10.9 Å². The molecule has 0 fully saturated rings. The monoisotopic (exact) mass is 362 g/mol. The van der Waals surface area contributed by atoms with E-state index in [2.05, 4.69) is 56.1 Å². The molecule has 0 aliphatic heterocycles. The van der Waals surface area contributed by atoms with Gasteiger partial charge in [-0.3, -0.25) is 4.79 Å². The van der Waals surface area contributed by atoms with E-state index in [0.29, 0.717) is 12.0 Å². The SMILES string of the molecule is CC(C)=CCCC(C)=CCCC(C)=CCc1cc2ccccc2nnc1=O. The molecule has 3 heteroatoms. The summed E-state index contributed by atoms with van der Waals surface area (Å²) in [7, 11) is 0. The molecule has 1 aromatic heterocycles. The van der Waals surface area contributed by atoms with Crippen molar-refractivity contribution in [2.75, 3.05) is 0 Å². The highest BCUT2D eigenvalue weighted by Crippen LogP contribution is 2.13. The molecule has 0 saturated carbocycles. The highest BCUT2D eigenvalue weighted by atomic mass is 16.1. The Hall–Kier alpha value is -2.55. The summed E-state index contributed by atoms with van der Waals surface area (Å²) in [5.41, 5.74) is 5.31. The first kappa shape index (κ1) is 20.8. The maximum atomic E-state index is 12.2. The van der Waals surface area contributed by atoms with E-state index in [0.717, 1.165) is 36.6 Å². The number of allylic oxidation sites excluding steroid dienone is 6. The standard InChI is InChI=1S/C24H30N2O/c1-18(2)9-7-10-19(3)11-8-12-20(4)15-16-22-17-21-13-5-6-14-23(21)25-26-24(22)27/h5-6,9,11,13-15,17H,7-8,10,12,16H2,1-4H3. The second-order valence-electron chi connectivity index (χ2n) is 7.40. The summed E-state index contributed by atoms with van der Waals surface area (Å²) in [6.07, 6.45) is 11.6. The summed E-state index contributed by atoms with van der Waals surface area (Å²) < 4.78 is 0. The van der Waals surface area contributed by atoms with Gasteiger partial charge < -0.3 is 0 Å². The maximum Gasteiger partial charge on any atom is 0.291 e. The molecular weight excluding hydrogens is 332 g/mol. The molecule has 0 unspecified atom stereocenters. The lowest BCUT2D eigenvalue weighted by Gasteiger charge is -2.01. The van der Waals surface area contributed by atoms with Crippen LogP contribution in [-0.2, 0) is 6.42 Å². The molecule has 2 aromatic rings. The van der Waals surface area contributed by atoms with Gasteiger partial charge in [0, 0.05) is 10.9 Å². The highest BCUT2D eigenvalue weighted by Gasteiger charge is 2.01. The third-order valence-electron chi connectivity index (χ3n) is 4.58. The van der Waals surface area contributed by atoms with Crippen molar-refractivity contribution in [2.45, 2.75) is 59.8 Å². The van der Waals surface area contributed by atoms with Crippen LogP contribution < -0.4 is 5.56 Å². The minimum absolute atomic E-state index is 0.245. The van der Waals surface area contributed by atoms with Gasteiger partial charge in [0.15, 0.2) is 0 Å². The van der Waals surface area contributed by atoms with Gasteiger partial charge in [-0.25, -0.2) is 0 Å². The van der Waals surface area contributed by atoms with E-state index in [9.17, 15) is 4.79 Å². The van der Waals surface area contributed by atoms with E-state index in [1.807, 2.05) is 30.3 Å². The van der Waals surface area contributed by atoms with Gasteiger partial charge >= 0.3 is 0 Å². The largest absolute Gasteiger partial charge is 0.291 e. The zero-order valence-electron chi connectivity index (χ0n) is 17.0. The Balaban J connectivity index is 1.96. The summed E-state index contributed by atoms with van der Waals surface area (Å²) in [6.45, 7) is 8.61. The van der Waals surface area contributed by atoms with Crippen LogP contribution in [0, 0.1) is 0 Å². The minimum Gasteiger partial charge on any atom is -0.265 e. The van der Waals surface area contributed by atoms with E-state index >= 15 is 0 Å². The molecule has 142 valence electrons. The van der Waals surface area contributed by atoms with Crippen LogP contribution in [0.15, 0.2) is 70.1 Å². The number of aromatic nitrogens is 2. The smallest absolute Gasteiger partial charge is 0.265 e. The average molecular weight is 363 g/mol. The van der Waals surface area contributed by atoms with Crippen LogP contribution >= 0.6 is 0 Å². The third kappa shape index (κ3) is 7.30. The lowest BCUT2D eigenvalue weighted by Crippen LogP contribution is -2.09. The van der Waals surface area contributed by atoms with Crippen molar-refractivity contribution in [3.8, 4) is 0 Å². The molecule has 1 heterocycles. The van der Waals surface area contributed by atoms with Crippen LogP contribution in [0.25, 0.3) is 10.9 Å². The Kier molecular flexibility index (Phi) is 8.12. The zero-order chi connectivity index (χ0) is 19.6. The fraction of sp³-hybridized carbons (Fsp3) is 0.375. The third-order valence-corrected chi connectivity index (χ3v) is 4.58. The topological polar surface area (TPSA) is 42.9 Å². The molecule has 0 bridgehead atoms. The van der Waals surface area contributed by atoms with Crippen molar-refractivity contribution in [1.29, 1.82) is 0 Å². The second kappa shape index (κ2) is 10.6. The Bertz CT molecular complexity index is 919. The summed E-state index contributed by atoms with van der Waals surface area (Å²) in [6, 6.07) is 9.60. The van der Waals surface area contributed by atoms with Crippen LogP contribution in [-0.4, -0.2) is 10.2 Å². The summed E-state index contributed by atoms with van der Waals surface area (Å²) in [4.78, 5) is 12.2. The fourth-order valence-corrected chi connectivity index (χ4v) is 2.88. The van der Waals surface area contributed by atoms with Gasteiger partial charge in [0.2, 0.25) is 0 Å². The van der Waals surface area contributed by atoms with Crippen molar-refractivity contribution in [1.82, 2.24) is 10.2 Å². The van der Waals surface area contributed by atoms with E-state index in [4.69, 9.17) is 0 Å². The highest BCUT2D eigenvalue weighted by molar-refractivity contribution is 5.77. The van der Waals surface area contributed by atoms with Gasteiger partial charge in [-0.1, -0.05) is 53.1 Å². The molecule has 0 aliphatic carbocycles.